The maximum atomic E-state index is 13.5. The summed E-state index contributed by atoms with van der Waals surface area (Å²) in [5, 5.41) is 6.42. The largest absolute Gasteiger partial charge is 0.338 e. The molecule has 2 N–H and O–H groups in total. The van der Waals surface area contributed by atoms with Crippen molar-refractivity contribution < 1.29 is 9.18 Å². The first-order valence-corrected chi connectivity index (χ1v) is 8.48. The Morgan fingerprint density at radius 3 is 2.46 bits per heavy atom. The number of hydrogen-bond acceptors (Lipinski definition) is 1. The van der Waals surface area contributed by atoms with Crippen molar-refractivity contribution in [3.8, 4) is 0 Å². The zero-order valence-corrected chi connectivity index (χ0v) is 14.1. The van der Waals surface area contributed by atoms with Crippen LogP contribution in [0.4, 0.5) is 9.18 Å². The molecule has 1 fully saturated rings. The fourth-order valence-corrected chi connectivity index (χ4v) is 2.97. The highest BCUT2D eigenvalue weighted by Crippen LogP contribution is 2.47. The molecule has 2 amide bonds. The van der Waals surface area contributed by atoms with Gasteiger partial charge in [0.1, 0.15) is 5.82 Å². The monoisotopic (exact) mass is 346 g/mol. The fraction of sp³-hybridized carbons (Fsp3) is 0.316. The summed E-state index contributed by atoms with van der Waals surface area (Å²) in [7, 11) is 0. The first-order chi connectivity index (χ1) is 11.6. The number of carbonyl (C=O) groups is 1. The van der Waals surface area contributed by atoms with E-state index >= 15 is 0 Å². The summed E-state index contributed by atoms with van der Waals surface area (Å²) < 4.78 is 13.5. The number of rotatable bonds is 6. The molecule has 5 heteroatoms. The van der Waals surface area contributed by atoms with Crippen LogP contribution in [0.25, 0.3) is 0 Å². The quantitative estimate of drug-likeness (QED) is 0.814. The van der Waals surface area contributed by atoms with Crippen LogP contribution in [0.3, 0.4) is 0 Å². The summed E-state index contributed by atoms with van der Waals surface area (Å²) in [6.07, 6.45) is 2.59. The Balaban J connectivity index is 1.44. The van der Waals surface area contributed by atoms with Crippen LogP contribution >= 0.6 is 11.6 Å². The summed E-state index contributed by atoms with van der Waals surface area (Å²) in [5.74, 6) is -0.237. The molecule has 0 aliphatic heterocycles. The zero-order valence-electron chi connectivity index (χ0n) is 13.3. The molecule has 0 atom stereocenters. The molecule has 0 aromatic heterocycles. The van der Waals surface area contributed by atoms with E-state index in [4.69, 9.17) is 11.6 Å². The Morgan fingerprint density at radius 1 is 1.08 bits per heavy atom. The topological polar surface area (TPSA) is 41.1 Å². The van der Waals surface area contributed by atoms with Crippen molar-refractivity contribution >= 4 is 17.6 Å². The molecule has 0 saturated heterocycles. The Kier molecular flexibility index (Phi) is 5.05. The summed E-state index contributed by atoms with van der Waals surface area (Å²) in [6, 6.07) is 14.2. The number of amides is 2. The molecule has 24 heavy (non-hydrogen) atoms. The van der Waals surface area contributed by atoms with E-state index in [2.05, 4.69) is 10.6 Å². The van der Waals surface area contributed by atoms with Crippen molar-refractivity contribution in [2.24, 2.45) is 0 Å². The van der Waals surface area contributed by atoms with Gasteiger partial charge in [-0.2, -0.15) is 0 Å². The van der Waals surface area contributed by atoms with E-state index in [0.717, 1.165) is 12.8 Å². The van der Waals surface area contributed by atoms with Gasteiger partial charge in [-0.25, -0.2) is 9.18 Å². The van der Waals surface area contributed by atoms with Gasteiger partial charge in [0.15, 0.2) is 0 Å². The van der Waals surface area contributed by atoms with Crippen LogP contribution in [0, 0.1) is 5.82 Å². The predicted octanol–water partition coefficient (Wildman–Crippen LogP) is 4.05. The summed E-state index contributed by atoms with van der Waals surface area (Å²) >= 11 is 5.92. The van der Waals surface area contributed by atoms with Crippen molar-refractivity contribution in [1.29, 1.82) is 0 Å². The van der Waals surface area contributed by atoms with E-state index in [-0.39, 0.29) is 17.3 Å². The minimum Gasteiger partial charge on any atom is -0.338 e. The third kappa shape index (κ3) is 4.06. The second kappa shape index (κ2) is 7.22. The van der Waals surface area contributed by atoms with Crippen LogP contribution in [-0.2, 0) is 11.8 Å². The van der Waals surface area contributed by atoms with Crippen molar-refractivity contribution in [3.05, 3.63) is 70.5 Å². The van der Waals surface area contributed by atoms with Crippen molar-refractivity contribution in [2.45, 2.75) is 24.7 Å². The normalized spacial score (nSPS) is 14.9. The van der Waals surface area contributed by atoms with E-state index in [1.807, 2.05) is 24.3 Å². The standard InChI is InChI=1S/C19H20ClFN2O/c20-16-7-5-15(6-8-16)19(10-11-19)13-23-18(24)22-12-9-14-3-1-2-4-17(14)21/h1-8H,9-13H2,(H2,22,23,24). The summed E-state index contributed by atoms with van der Waals surface area (Å²) in [6.45, 7) is 1.00. The maximum Gasteiger partial charge on any atom is 0.314 e. The van der Waals surface area contributed by atoms with Crippen LogP contribution in [0.2, 0.25) is 5.02 Å². The van der Waals surface area contributed by atoms with Crippen LogP contribution in [-0.4, -0.2) is 19.1 Å². The van der Waals surface area contributed by atoms with Gasteiger partial charge in [0.25, 0.3) is 0 Å². The molecule has 0 unspecified atom stereocenters. The average Bonchev–Trinajstić information content (AvgIpc) is 3.37. The Labute approximate surface area is 146 Å². The molecular formula is C19H20ClFN2O. The maximum absolute atomic E-state index is 13.5. The number of hydrogen-bond donors (Lipinski definition) is 2. The van der Waals surface area contributed by atoms with E-state index in [9.17, 15) is 9.18 Å². The van der Waals surface area contributed by atoms with Crippen LogP contribution < -0.4 is 10.6 Å². The van der Waals surface area contributed by atoms with Gasteiger partial charge in [0.05, 0.1) is 0 Å². The number of benzene rings is 2. The van der Waals surface area contributed by atoms with Crippen molar-refractivity contribution in [3.63, 3.8) is 0 Å². The third-order valence-corrected chi connectivity index (χ3v) is 4.79. The lowest BCUT2D eigenvalue weighted by molar-refractivity contribution is 0.240. The number of carbonyl (C=O) groups excluding carboxylic acids is 1. The lowest BCUT2D eigenvalue weighted by atomic mass is 9.96. The third-order valence-electron chi connectivity index (χ3n) is 4.54. The van der Waals surface area contributed by atoms with Crippen LogP contribution in [0.1, 0.15) is 24.0 Å². The van der Waals surface area contributed by atoms with Gasteiger partial charge >= 0.3 is 6.03 Å². The molecule has 0 radical (unpaired) electrons. The predicted molar refractivity (Wildman–Crippen MR) is 93.9 cm³/mol. The lowest BCUT2D eigenvalue weighted by Gasteiger charge is -2.17. The minimum absolute atomic E-state index is 0.0352. The first kappa shape index (κ1) is 16.8. The highest BCUT2D eigenvalue weighted by molar-refractivity contribution is 6.30. The van der Waals surface area contributed by atoms with E-state index in [1.54, 1.807) is 18.2 Å². The van der Waals surface area contributed by atoms with Gasteiger partial charge in [0.2, 0.25) is 0 Å². The molecule has 1 aliphatic carbocycles. The summed E-state index contributed by atoms with van der Waals surface area (Å²) in [4.78, 5) is 11.9. The first-order valence-electron chi connectivity index (χ1n) is 8.10. The van der Waals surface area contributed by atoms with Crippen LogP contribution in [0.15, 0.2) is 48.5 Å². The molecular weight excluding hydrogens is 327 g/mol. The molecule has 2 aromatic carbocycles. The molecule has 3 nitrogen and oxygen atoms in total. The molecule has 0 spiro atoms. The molecule has 1 aliphatic rings. The van der Waals surface area contributed by atoms with Gasteiger partial charge in [-0.1, -0.05) is 41.9 Å². The zero-order chi connectivity index (χ0) is 17.0. The second-order valence-electron chi connectivity index (χ2n) is 6.24. The molecule has 3 rings (SSSR count). The number of halogens is 2. The average molecular weight is 347 g/mol. The van der Waals surface area contributed by atoms with Gasteiger partial charge in [-0.3, -0.25) is 0 Å². The van der Waals surface area contributed by atoms with Gasteiger partial charge in [-0.05, 0) is 48.6 Å². The molecule has 0 bridgehead atoms. The smallest absolute Gasteiger partial charge is 0.314 e. The second-order valence-corrected chi connectivity index (χ2v) is 6.67. The Morgan fingerprint density at radius 2 is 1.79 bits per heavy atom. The van der Waals surface area contributed by atoms with Crippen molar-refractivity contribution in [1.82, 2.24) is 10.6 Å². The molecule has 2 aromatic rings. The van der Waals surface area contributed by atoms with Gasteiger partial charge in [-0.15, -0.1) is 0 Å². The van der Waals surface area contributed by atoms with E-state index in [0.29, 0.717) is 30.1 Å². The van der Waals surface area contributed by atoms with Gasteiger partial charge in [0, 0.05) is 23.5 Å². The number of nitrogens with one attached hydrogen (secondary N) is 2. The highest BCUT2D eigenvalue weighted by Gasteiger charge is 2.44. The summed E-state index contributed by atoms with van der Waals surface area (Å²) in [5.41, 5.74) is 1.85. The van der Waals surface area contributed by atoms with E-state index in [1.165, 1.54) is 11.6 Å². The van der Waals surface area contributed by atoms with Crippen molar-refractivity contribution in [2.75, 3.05) is 13.1 Å². The number of urea groups is 1. The van der Waals surface area contributed by atoms with E-state index < -0.39 is 0 Å². The molecule has 1 saturated carbocycles. The molecule has 0 heterocycles. The highest BCUT2D eigenvalue weighted by atomic mass is 35.5. The van der Waals surface area contributed by atoms with Gasteiger partial charge < -0.3 is 10.6 Å². The Hall–Kier alpha value is -2.07. The fourth-order valence-electron chi connectivity index (χ4n) is 2.85. The van der Waals surface area contributed by atoms with Crippen LogP contribution in [0.5, 0.6) is 0 Å². The minimum atomic E-state index is -0.237. The molecule has 126 valence electrons. The Bertz CT molecular complexity index is 714. The lowest BCUT2D eigenvalue weighted by Crippen LogP contribution is -2.40. The SMILES string of the molecule is O=C(NCCc1ccccc1F)NCC1(c2ccc(Cl)cc2)CC1.